The number of rotatable bonds is 10. The number of piperazine rings is 1. The van der Waals surface area contributed by atoms with Crippen molar-refractivity contribution in [3.05, 3.63) is 87.4 Å². The molecule has 18 heteroatoms. The number of nitrogens with zero attached hydrogens (tertiary/aromatic N) is 6. The van der Waals surface area contributed by atoms with Crippen LogP contribution in [0.1, 0.15) is 122 Å². The van der Waals surface area contributed by atoms with E-state index in [9.17, 15) is 32.3 Å². The highest BCUT2D eigenvalue weighted by atomic mass is 35.5. The number of aryl methyl sites for hydroxylation is 1. The van der Waals surface area contributed by atoms with Crippen molar-refractivity contribution in [2.24, 2.45) is 17.3 Å². The number of nitrogens with one attached hydrogen (secondary N) is 2. The highest BCUT2D eigenvalue weighted by molar-refractivity contribution is 6.34. The summed E-state index contributed by atoms with van der Waals surface area (Å²) in [4.78, 5) is 68.9. The van der Waals surface area contributed by atoms with Gasteiger partial charge in [-0.2, -0.15) is 13.2 Å². The van der Waals surface area contributed by atoms with Crippen LogP contribution in [0.25, 0.3) is 10.9 Å². The lowest BCUT2D eigenvalue weighted by Crippen LogP contribution is -2.52. The number of carbonyl (C=O) groups excluding carboxylic acids is 4. The Kier molecular flexibility index (Phi) is 14.3. The molecule has 1 aromatic heterocycles. The largest absolute Gasteiger partial charge is 0.496 e. The molecule has 3 aliphatic heterocycles. The second-order valence-electron chi connectivity index (χ2n) is 20.1. The monoisotopic (exact) mass is 988 g/mol. The molecule has 2 saturated carbocycles. The van der Waals surface area contributed by atoms with Gasteiger partial charge in [0.15, 0.2) is 0 Å². The van der Waals surface area contributed by atoms with Gasteiger partial charge in [-0.3, -0.25) is 29.5 Å². The summed E-state index contributed by atoms with van der Waals surface area (Å²) in [5.74, 6) is 0.646. The molecule has 374 valence electrons. The van der Waals surface area contributed by atoms with E-state index in [4.69, 9.17) is 16.3 Å². The summed E-state index contributed by atoms with van der Waals surface area (Å²) in [6.07, 6.45) is 4.93. The highest BCUT2D eigenvalue weighted by Gasteiger charge is 2.41. The normalized spacial score (nSPS) is 22.0. The first-order chi connectivity index (χ1) is 33.5. The van der Waals surface area contributed by atoms with E-state index in [1.165, 1.54) is 17.0 Å². The molecule has 4 aromatic rings. The Hall–Kier alpha value is -5.55. The first kappa shape index (κ1) is 49.4. The van der Waals surface area contributed by atoms with Gasteiger partial charge >= 0.3 is 12.2 Å². The van der Waals surface area contributed by atoms with Gasteiger partial charge in [0.2, 0.25) is 11.8 Å². The molecule has 3 saturated heterocycles. The lowest BCUT2D eigenvalue weighted by molar-refractivity contribution is -0.140. The van der Waals surface area contributed by atoms with E-state index in [1.54, 1.807) is 39.2 Å². The third-order valence-corrected chi connectivity index (χ3v) is 16.2. The van der Waals surface area contributed by atoms with Crippen LogP contribution in [-0.4, -0.2) is 108 Å². The number of likely N-dealkylation sites (tertiary alicyclic amines) is 1. The standard InChI is InChI=1S/C52H61ClF4N8O5/c1-31(37-5-4-6-40(46(37)54)52(55,56)57)58-47-39-28-38(44(70-3)29-42(39)59-32(2)60-47)34-7-9-35(10-8-34)48(67)64-25-23-62(24-26-64)30-33-13-16-51(17-14-33)18-21-63(22-19-51)49(68)36-11-12-41(53)43(27-36)65-20-15-45(66)61-50(65)69/h4-6,11-12,27-29,31,33-35H,7-10,13-26,30H2,1-3H3,(H,58,59,60)(H,61,66,69)/t31-,34?,35?/m1/s1. The summed E-state index contributed by atoms with van der Waals surface area (Å²) in [5.41, 5.74) is 1.25. The number of hydrogen-bond donors (Lipinski definition) is 2. The molecule has 9 rings (SSSR count). The van der Waals surface area contributed by atoms with Crippen molar-refractivity contribution in [1.82, 2.24) is 30.0 Å². The quantitative estimate of drug-likeness (QED) is 0.149. The van der Waals surface area contributed by atoms with Gasteiger partial charge in [0.25, 0.3) is 5.91 Å². The van der Waals surface area contributed by atoms with Crippen molar-refractivity contribution in [2.45, 2.75) is 103 Å². The van der Waals surface area contributed by atoms with Crippen LogP contribution in [-0.2, 0) is 15.8 Å². The summed E-state index contributed by atoms with van der Waals surface area (Å²) in [5, 5.41) is 6.48. The van der Waals surface area contributed by atoms with Gasteiger partial charge in [-0.05, 0) is 131 Å². The average molecular weight is 990 g/mol. The van der Waals surface area contributed by atoms with Crippen LogP contribution in [0, 0.1) is 30.0 Å². The van der Waals surface area contributed by atoms with Gasteiger partial charge in [0.05, 0.1) is 34.9 Å². The number of amides is 5. The lowest BCUT2D eigenvalue weighted by Gasteiger charge is -2.47. The smallest absolute Gasteiger partial charge is 0.419 e. The zero-order valence-electron chi connectivity index (χ0n) is 40.0. The Balaban J connectivity index is 0.736. The summed E-state index contributed by atoms with van der Waals surface area (Å²) >= 11 is 6.44. The minimum Gasteiger partial charge on any atom is -0.496 e. The lowest BCUT2D eigenvalue weighted by atomic mass is 9.65. The molecule has 1 atom stereocenters. The van der Waals surface area contributed by atoms with Crippen LogP contribution in [0.5, 0.6) is 5.75 Å². The molecule has 4 heterocycles. The van der Waals surface area contributed by atoms with E-state index in [-0.39, 0.29) is 53.5 Å². The predicted molar refractivity (Wildman–Crippen MR) is 258 cm³/mol. The Morgan fingerprint density at radius 2 is 1.61 bits per heavy atom. The third-order valence-electron chi connectivity index (χ3n) is 15.8. The van der Waals surface area contributed by atoms with Gasteiger partial charge in [0, 0.05) is 87.3 Å². The number of anilines is 2. The van der Waals surface area contributed by atoms with E-state index >= 15 is 4.39 Å². The molecule has 3 aromatic carbocycles. The molecule has 70 heavy (non-hydrogen) atoms. The van der Waals surface area contributed by atoms with Crippen molar-refractivity contribution in [2.75, 3.05) is 69.7 Å². The van der Waals surface area contributed by atoms with E-state index in [0.717, 1.165) is 109 Å². The van der Waals surface area contributed by atoms with Crippen molar-refractivity contribution >= 4 is 57.8 Å². The Morgan fingerprint density at radius 3 is 2.29 bits per heavy atom. The number of ether oxygens (including phenoxy) is 1. The molecule has 5 amide bonds. The molecule has 0 unspecified atom stereocenters. The summed E-state index contributed by atoms with van der Waals surface area (Å²) < 4.78 is 61.6. The van der Waals surface area contributed by atoms with Crippen LogP contribution < -0.4 is 20.3 Å². The van der Waals surface area contributed by atoms with E-state index in [1.807, 2.05) is 21.9 Å². The fraction of sp³-hybridized carbons (Fsp3) is 0.538. The van der Waals surface area contributed by atoms with E-state index < -0.39 is 29.6 Å². The Labute approximate surface area is 410 Å². The molecule has 5 fully saturated rings. The SMILES string of the molecule is COc1cc2nc(C)nc(N[C@H](C)c3cccc(C(F)(F)F)c3F)c2cc1C1CCC(C(=O)N2CCN(CC3CCC4(CC3)CCN(C(=O)c3ccc(Cl)c(N5CCC(=O)NC5=O)c3)CC4)CC2)CC1. The van der Waals surface area contributed by atoms with Gasteiger partial charge in [-0.25, -0.2) is 19.2 Å². The number of alkyl halides is 3. The number of fused-ring (bicyclic) bond motifs is 1. The topological polar surface area (TPSA) is 140 Å². The van der Waals surface area contributed by atoms with Crippen LogP contribution in [0.15, 0.2) is 48.5 Å². The number of aromatic nitrogens is 2. The molecule has 2 aliphatic carbocycles. The molecule has 2 N–H and O–H groups in total. The predicted octanol–water partition coefficient (Wildman–Crippen LogP) is 9.91. The Morgan fingerprint density at radius 1 is 0.900 bits per heavy atom. The number of hydrogen-bond acceptors (Lipinski definition) is 9. The fourth-order valence-corrected chi connectivity index (χ4v) is 11.9. The number of benzene rings is 3. The molecule has 0 bridgehead atoms. The first-order valence-corrected chi connectivity index (χ1v) is 25.1. The highest BCUT2D eigenvalue weighted by Crippen LogP contribution is 2.47. The van der Waals surface area contributed by atoms with Crippen molar-refractivity contribution in [1.29, 1.82) is 0 Å². The van der Waals surface area contributed by atoms with Gasteiger partial charge < -0.3 is 19.9 Å². The van der Waals surface area contributed by atoms with Crippen molar-refractivity contribution in [3.63, 3.8) is 0 Å². The molecular weight excluding hydrogens is 928 g/mol. The maximum atomic E-state index is 15.1. The molecule has 0 radical (unpaired) electrons. The van der Waals surface area contributed by atoms with E-state index in [2.05, 4.69) is 25.5 Å². The number of carbonyl (C=O) groups is 4. The Bertz CT molecular complexity index is 2640. The number of imide groups is 1. The number of piperidine rings is 1. The summed E-state index contributed by atoms with van der Waals surface area (Å²) in [6.45, 7) is 9.08. The molecule has 5 aliphatic rings. The minimum atomic E-state index is -4.82. The number of halogens is 5. The zero-order chi connectivity index (χ0) is 49.5. The maximum absolute atomic E-state index is 15.1. The van der Waals surface area contributed by atoms with Gasteiger partial charge in [-0.15, -0.1) is 0 Å². The van der Waals surface area contributed by atoms with Crippen molar-refractivity contribution < 1.29 is 41.5 Å². The van der Waals surface area contributed by atoms with E-state index in [0.29, 0.717) is 63.6 Å². The molecule has 1 spiro atoms. The first-order valence-electron chi connectivity index (χ1n) is 24.7. The fourth-order valence-electron chi connectivity index (χ4n) is 11.7. The van der Waals surface area contributed by atoms with Gasteiger partial charge in [-0.1, -0.05) is 23.7 Å². The maximum Gasteiger partial charge on any atom is 0.419 e. The van der Waals surface area contributed by atoms with Crippen LogP contribution in [0.4, 0.5) is 33.9 Å². The number of methoxy groups -OCH3 is 1. The molecular formula is C52H61ClF4N8O5. The number of urea groups is 1. The summed E-state index contributed by atoms with van der Waals surface area (Å²) in [6, 6.07) is 10.7. The zero-order valence-corrected chi connectivity index (χ0v) is 40.7. The van der Waals surface area contributed by atoms with Gasteiger partial charge in [0.1, 0.15) is 23.2 Å². The third kappa shape index (κ3) is 10.4. The molecule has 13 nitrogen and oxygen atoms in total. The second-order valence-corrected chi connectivity index (χ2v) is 20.5. The van der Waals surface area contributed by atoms with Crippen LogP contribution in [0.2, 0.25) is 5.02 Å². The summed E-state index contributed by atoms with van der Waals surface area (Å²) in [7, 11) is 1.61. The van der Waals surface area contributed by atoms with Crippen LogP contribution >= 0.6 is 11.6 Å². The second kappa shape index (κ2) is 20.3. The minimum absolute atomic E-state index is 0.0589. The average Bonchev–Trinajstić information content (AvgIpc) is 3.34. The van der Waals surface area contributed by atoms with Crippen molar-refractivity contribution in [3.8, 4) is 5.75 Å². The van der Waals surface area contributed by atoms with Crippen LogP contribution in [0.3, 0.4) is 0 Å².